The quantitative estimate of drug-likeness (QED) is 0.714. The first-order valence-electron chi connectivity index (χ1n) is 5.95. The first kappa shape index (κ1) is 11.4. The largest absolute Gasteiger partial charge is 0.393 e. The summed E-state index contributed by atoms with van der Waals surface area (Å²) >= 11 is 0. The Hall–Kier alpha value is -1.66. The van der Waals surface area contributed by atoms with E-state index < -0.39 is 5.60 Å². The zero-order valence-corrected chi connectivity index (χ0v) is 10.2. The van der Waals surface area contributed by atoms with Crippen molar-refractivity contribution in [3.63, 3.8) is 0 Å². The second-order valence-corrected chi connectivity index (χ2v) is 5.12. The molecule has 0 aromatic carbocycles. The lowest BCUT2D eigenvalue weighted by molar-refractivity contribution is -0.101. The third-order valence-electron chi connectivity index (χ3n) is 3.75. The van der Waals surface area contributed by atoms with Crippen LogP contribution < -0.4 is 5.73 Å². The molecule has 1 saturated carbocycles. The number of aliphatic hydroxyl groups excluding tert-OH is 1. The van der Waals surface area contributed by atoms with Gasteiger partial charge in [-0.15, -0.1) is 0 Å². The minimum Gasteiger partial charge on any atom is -0.393 e. The monoisotopic (exact) mass is 248 g/mol. The van der Waals surface area contributed by atoms with Gasteiger partial charge in [0.25, 0.3) is 0 Å². The number of hydrogen-bond donors (Lipinski definition) is 3. The summed E-state index contributed by atoms with van der Waals surface area (Å²) in [6, 6.07) is 0.160. The fourth-order valence-corrected chi connectivity index (χ4v) is 2.72. The molecule has 0 radical (unpaired) electrons. The molecule has 1 fully saturated rings. The van der Waals surface area contributed by atoms with Gasteiger partial charge in [-0.3, -0.25) is 0 Å². The van der Waals surface area contributed by atoms with E-state index in [1.54, 1.807) is 0 Å². The number of rotatable bonds is 2. The molecular formula is C12H16N4O2. The van der Waals surface area contributed by atoms with E-state index in [1.165, 1.54) is 6.33 Å². The minimum atomic E-state index is -0.937. The second kappa shape index (κ2) is 3.66. The maximum atomic E-state index is 9.86. The lowest BCUT2D eigenvalue weighted by Gasteiger charge is -2.43. The van der Waals surface area contributed by atoms with Crippen molar-refractivity contribution in [2.45, 2.75) is 31.4 Å². The molecule has 2 aromatic heterocycles. The zero-order chi connectivity index (χ0) is 12.9. The van der Waals surface area contributed by atoms with E-state index in [1.807, 2.05) is 17.7 Å². The van der Waals surface area contributed by atoms with Crippen LogP contribution in [0.15, 0.2) is 12.5 Å². The van der Waals surface area contributed by atoms with Gasteiger partial charge in [0, 0.05) is 12.2 Å². The number of nitrogens with zero attached hydrogens (tertiary/aromatic N) is 3. The Balaban J connectivity index is 2.02. The van der Waals surface area contributed by atoms with Crippen molar-refractivity contribution in [3.8, 4) is 0 Å². The van der Waals surface area contributed by atoms with Crippen molar-refractivity contribution < 1.29 is 10.2 Å². The van der Waals surface area contributed by atoms with Crippen LogP contribution >= 0.6 is 0 Å². The molecule has 0 amide bonds. The van der Waals surface area contributed by atoms with Gasteiger partial charge in [-0.2, -0.15) is 0 Å². The minimum absolute atomic E-state index is 0.160. The summed E-state index contributed by atoms with van der Waals surface area (Å²) in [6.45, 7) is 1.77. The summed E-state index contributed by atoms with van der Waals surface area (Å²) < 4.78 is 2.02. The van der Waals surface area contributed by atoms with Crippen molar-refractivity contribution in [2.24, 2.45) is 0 Å². The molecular weight excluding hydrogens is 232 g/mol. The van der Waals surface area contributed by atoms with Gasteiger partial charge in [-0.1, -0.05) is 0 Å². The number of hydrogen-bond acceptors (Lipinski definition) is 5. The number of aryl methyl sites for hydroxylation is 1. The predicted octanol–water partition coefficient (Wildman–Crippen LogP) is 0.380. The van der Waals surface area contributed by atoms with Gasteiger partial charge >= 0.3 is 0 Å². The van der Waals surface area contributed by atoms with Crippen LogP contribution in [-0.2, 0) is 0 Å². The summed E-state index contributed by atoms with van der Waals surface area (Å²) in [6.07, 6.45) is 4.51. The summed E-state index contributed by atoms with van der Waals surface area (Å²) in [4.78, 5) is 8.26. The molecule has 1 aliphatic rings. The number of fused-ring (bicyclic) bond motifs is 1. The lowest BCUT2D eigenvalue weighted by Crippen LogP contribution is -2.47. The normalized spacial score (nSPS) is 27.4. The molecule has 0 atom stereocenters. The molecule has 0 spiro atoms. The third kappa shape index (κ3) is 1.49. The number of anilines is 1. The first-order chi connectivity index (χ1) is 8.54. The van der Waals surface area contributed by atoms with Crippen LogP contribution in [0.5, 0.6) is 0 Å². The molecule has 6 heteroatoms. The van der Waals surface area contributed by atoms with Gasteiger partial charge in [0.05, 0.1) is 17.6 Å². The smallest absolute Gasteiger partial charge is 0.145 e. The highest BCUT2D eigenvalue weighted by atomic mass is 16.3. The topological polar surface area (TPSA) is 97.2 Å². The van der Waals surface area contributed by atoms with Crippen molar-refractivity contribution >= 4 is 16.9 Å². The summed E-state index contributed by atoms with van der Waals surface area (Å²) in [5.41, 5.74) is 6.75. The van der Waals surface area contributed by atoms with E-state index >= 15 is 0 Å². The maximum Gasteiger partial charge on any atom is 0.145 e. The summed E-state index contributed by atoms with van der Waals surface area (Å²) in [7, 11) is 0. The number of aromatic nitrogens is 3. The van der Waals surface area contributed by atoms with Gasteiger partial charge in [0.15, 0.2) is 0 Å². The van der Waals surface area contributed by atoms with Gasteiger partial charge in [0.2, 0.25) is 0 Å². The summed E-state index contributed by atoms with van der Waals surface area (Å²) in [5.74, 6) is 0.480. The van der Waals surface area contributed by atoms with Crippen molar-refractivity contribution in [1.29, 1.82) is 0 Å². The van der Waals surface area contributed by atoms with Crippen molar-refractivity contribution in [2.75, 3.05) is 12.3 Å². The molecule has 0 aliphatic heterocycles. The molecule has 0 bridgehead atoms. The average molecular weight is 248 g/mol. The Bertz CT molecular complexity index is 601. The average Bonchev–Trinajstić information content (AvgIpc) is 2.64. The van der Waals surface area contributed by atoms with Crippen LogP contribution in [0.2, 0.25) is 0 Å². The summed E-state index contributed by atoms with van der Waals surface area (Å²) in [5, 5.41) is 19.8. The Morgan fingerprint density at radius 3 is 2.89 bits per heavy atom. The molecule has 6 nitrogen and oxygen atoms in total. The third-order valence-corrected chi connectivity index (χ3v) is 3.75. The van der Waals surface area contributed by atoms with E-state index in [4.69, 9.17) is 10.8 Å². The van der Waals surface area contributed by atoms with Crippen LogP contribution in [0.25, 0.3) is 11.0 Å². The van der Waals surface area contributed by atoms with Crippen molar-refractivity contribution in [3.05, 3.63) is 18.1 Å². The molecule has 2 heterocycles. The Morgan fingerprint density at radius 1 is 1.50 bits per heavy atom. The van der Waals surface area contributed by atoms with E-state index in [0.717, 1.165) is 16.6 Å². The number of nitrogens with two attached hydrogens (primary N) is 1. The predicted molar refractivity (Wildman–Crippen MR) is 67.0 cm³/mol. The fourth-order valence-electron chi connectivity index (χ4n) is 2.72. The van der Waals surface area contributed by atoms with Gasteiger partial charge < -0.3 is 20.5 Å². The molecule has 4 N–H and O–H groups in total. The Labute approximate surface area is 104 Å². The molecule has 96 valence electrons. The van der Waals surface area contributed by atoms with E-state index in [-0.39, 0.29) is 12.6 Å². The number of aliphatic hydroxyl groups is 2. The lowest BCUT2D eigenvalue weighted by atomic mass is 9.76. The van der Waals surface area contributed by atoms with Gasteiger partial charge in [-0.05, 0) is 25.3 Å². The highest BCUT2D eigenvalue weighted by molar-refractivity contribution is 5.89. The van der Waals surface area contributed by atoms with Gasteiger partial charge in [0.1, 0.15) is 17.8 Å². The van der Waals surface area contributed by atoms with Crippen LogP contribution in [0.3, 0.4) is 0 Å². The molecule has 0 unspecified atom stereocenters. The molecule has 3 rings (SSSR count). The fraction of sp³-hybridized carbons (Fsp3) is 0.500. The molecule has 1 aliphatic carbocycles. The van der Waals surface area contributed by atoms with Crippen LogP contribution in [0.1, 0.15) is 24.4 Å². The number of nitrogen functional groups attached to an aromatic ring is 1. The van der Waals surface area contributed by atoms with E-state index in [2.05, 4.69) is 9.97 Å². The molecule has 2 aromatic rings. The highest BCUT2D eigenvalue weighted by Crippen LogP contribution is 2.43. The van der Waals surface area contributed by atoms with Crippen molar-refractivity contribution in [1.82, 2.24) is 14.5 Å². The standard InChI is InChI=1S/C12H16N4O2/c1-7-4-16(8-2-12(18,3-8)5-17)11-9(7)10(13)14-6-15-11/h4,6,8,17-18H,2-3,5H2,1H3,(H2,13,14,15). The van der Waals surface area contributed by atoms with E-state index in [9.17, 15) is 5.11 Å². The van der Waals surface area contributed by atoms with Crippen LogP contribution in [0.4, 0.5) is 5.82 Å². The first-order valence-corrected chi connectivity index (χ1v) is 5.95. The van der Waals surface area contributed by atoms with E-state index in [0.29, 0.717) is 18.7 Å². The molecule has 0 saturated heterocycles. The second-order valence-electron chi connectivity index (χ2n) is 5.12. The van der Waals surface area contributed by atoms with Crippen LogP contribution in [-0.4, -0.2) is 37.0 Å². The maximum absolute atomic E-state index is 9.86. The Kier molecular flexibility index (Phi) is 2.33. The molecule has 18 heavy (non-hydrogen) atoms. The van der Waals surface area contributed by atoms with Gasteiger partial charge in [-0.25, -0.2) is 9.97 Å². The zero-order valence-electron chi connectivity index (χ0n) is 10.2. The highest BCUT2D eigenvalue weighted by Gasteiger charge is 2.43. The SMILES string of the molecule is Cc1cn(C2CC(O)(CO)C2)c2ncnc(N)c12. The van der Waals surface area contributed by atoms with Crippen LogP contribution in [0, 0.1) is 6.92 Å². The Morgan fingerprint density at radius 2 is 2.22 bits per heavy atom.